The molecule has 6 heteroatoms. The molecule has 0 aliphatic carbocycles. The van der Waals surface area contributed by atoms with Crippen molar-refractivity contribution in [1.82, 2.24) is 14.8 Å². The number of rotatable bonds is 5. The number of hydrogen-bond acceptors (Lipinski definition) is 3. The summed E-state index contributed by atoms with van der Waals surface area (Å²) in [7, 11) is 0. The molecule has 0 aliphatic heterocycles. The van der Waals surface area contributed by atoms with Gasteiger partial charge in [-0.15, -0.1) is 10.2 Å². The number of halogens is 2. The lowest BCUT2D eigenvalue weighted by molar-refractivity contribution is 0.264. The van der Waals surface area contributed by atoms with Crippen molar-refractivity contribution < 1.29 is 5.11 Å². The number of nitrogens with zero attached hydrogens (tertiary/aromatic N) is 3. The second-order valence-electron chi connectivity index (χ2n) is 4.27. The van der Waals surface area contributed by atoms with Gasteiger partial charge in [0.1, 0.15) is 12.4 Å². The van der Waals surface area contributed by atoms with Gasteiger partial charge in [0.05, 0.1) is 10.0 Å². The van der Waals surface area contributed by atoms with E-state index in [-0.39, 0.29) is 6.61 Å². The molecule has 0 spiro atoms. The summed E-state index contributed by atoms with van der Waals surface area (Å²) in [5, 5.41) is 18.4. The maximum atomic E-state index is 9.24. The summed E-state index contributed by atoms with van der Waals surface area (Å²) in [5.74, 6) is 1.42. The third kappa shape index (κ3) is 3.26. The predicted octanol–water partition coefficient (Wildman–Crippen LogP) is 3.08. The van der Waals surface area contributed by atoms with Crippen LogP contribution < -0.4 is 0 Å². The maximum absolute atomic E-state index is 9.24. The van der Waals surface area contributed by atoms with E-state index in [1.807, 2.05) is 16.7 Å². The predicted molar refractivity (Wildman–Crippen MR) is 75.5 cm³/mol. The second-order valence-corrected chi connectivity index (χ2v) is 5.08. The minimum absolute atomic E-state index is 0.103. The van der Waals surface area contributed by atoms with Crippen LogP contribution in [0.4, 0.5) is 0 Å². The highest BCUT2D eigenvalue weighted by molar-refractivity contribution is 6.42. The quantitative estimate of drug-likeness (QED) is 0.923. The molecule has 1 aromatic heterocycles. The summed E-state index contributed by atoms with van der Waals surface area (Å²) < 4.78 is 1.95. The Hall–Kier alpha value is -1.10. The first-order valence-electron chi connectivity index (χ1n) is 6.11. The fraction of sp³-hybridized carbons (Fsp3) is 0.385. The standard InChI is InChI=1S/C13H15Cl2N3O/c1-2-5-18-12(16-17-13(18)8-19)7-9-3-4-10(14)11(15)6-9/h3-4,6,19H,2,5,7-8H2,1H3. The molecule has 0 atom stereocenters. The molecule has 102 valence electrons. The first-order valence-corrected chi connectivity index (χ1v) is 6.87. The van der Waals surface area contributed by atoms with Crippen LogP contribution in [-0.2, 0) is 19.6 Å². The Kier molecular flexibility index (Phi) is 4.80. The van der Waals surface area contributed by atoms with Gasteiger partial charge in [0, 0.05) is 13.0 Å². The SMILES string of the molecule is CCCn1c(CO)nnc1Cc1ccc(Cl)c(Cl)c1. The van der Waals surface area contributed by atoms with E-state index in [1.54, 1.807) is 6.07 Å². The van der Waals surface area contributed by atoms with Gasteiger partial charge < -0.3 is 9.67 Å². The zero-order valence-corrected chi connectivity index (χ0v) is 12.1. The first kappa shape index (κ1) is 14.3. The first-order chi connectivity index (χ1) is 9.15. The largest absolute Gasteiger partial charge is 0.388 e. The molecule has 0 amide bonds. The van der Waals surface area contributed by atoms with Crippen molar-refractivity contribution in [3.63, 3.8) is 0 Å². The fourth-order valence-electron chi connectivity index (χ4n) is 1.93. The number of aromatic nitrogens is 3. The van der Waals surface area contributed by atoms with Gasteiger partial charge in [-0.05, 0) is 24.1 Å². The van der Waals surface area contributed by atoms with Crippen molar-refractivity contribution in [2.24, 2.45) is 0 Å². The molecule has 0 unspecified atom stereocenters. The van der Waals surface area contributed by atoms with Gasteiger partial charge in [-0.1, -0.05) is 36.2 Å². The van der Waals surface area contributed by atoms with Crippen LogP contribution >= 0.6 is 23.2 Å². The molecule has 2 rings (SSSR count). The van der Waals surface area contributed by atoms with E-state index < -0.39 is 0 Å². The van der Waals surface area contributed by atoms with Gasteiger partial charge in [0.25, 0.3) is 0 Å². The molecule has 19 heavy (non-hydrogen) atoms. The van der Waals surface area contributed by atoms with Crippen LogP contribution in [0.15, 0.2) is 18.2 Å². The number of aliphatic hydroxyl groups is 1. The van der Waals surface area contributed by atoms with Crippen molar-refractivity contribution >= 4 is 23.2 Å². The van der Waals surface area contributed by atoms with Gasteiger partial charge in [-0.3, -0.25) is 0 Å². The van der Waals surface area contributed by atoms with E-state index in [2.05, 4.69) is 17.1 Å². The van der Waals surface area contributed by atoms with Crippen LogP contribution in [0.25, 0.3) is 0 Å². The zero-order valence-electron chi connectivity index (χ0n) is 10.6. The van der Waals surface area contributed by atoms with Crippen LogP contribution in [0, 0.1) is 0 Å². The van der Waals surface area contributed by atoms with E-state index in [1.165, 1.54) is 0 Å². The average molecular weight is 300 g/mol. The Morgan fingerprint density at radius 2 is 1.89 bits per heavy atom. The van der Waals surface area contributed by atoms with Gasteiger partial charge in [-0.2, -0.15) is 0 Å². The van der Waals surface area contributed by atoms with Crippen molar-refractivity contribution in [3.05, 3.63) is 45.5 Å². The minimum atomic E-state index is -0.103. The summed E-state index contributed by atoms with van der Waals surface area (Å²) in [5.41, 5.74) is 1.02. The summed E-state index contributed by atoms with van der Waals surface area (Å²) >= 11 is 11.9. The van der Waals surface area contributed by atoms with Gasteiger partial charge in [0.2, 0.25) is 0 Å². The Labute approximate surface area is 122 Å². The molecule has 0 fully saturated rings. The van der Waals surface area contributed by atoms with Crippen molar-refractivity contribution in [2.45, 2.75) is 32.9 Å². The lowest BCUT2D eigenvalue weighted by Crippen LogP contribution is -2.08. The maximum Gasteiger partial charge on any atom is 0.158 e. The topological polar surface area (TPSA) is 50.9 Å². The average Bonchev–Trinajstić information content (AvgIpc) is 2.77. The van der Waals surface area contributed by atoms with Crippen molar-refractivity contribution in [2.75, 3.05) is 0 Å². The zero-order chi connectivity index (χ0) is 13.8. The van der Waals surface area contributed by atoms with Crippen LogP contribution in [0.2, 0.25) is 10.0 Å². The number of aliphatic hydroxyl groups excluding tert-OH is 1. The highest BCUT2D eigenvalue weighted by Gasteiger charge is 2.11. The molecular weight excluding hydrogens is 285 g/mol. The molecule has 0 saturated heterocycles. The normalized spacial score (nSPS) is 10.9. The third-order valence-corrected chi connectivity index (χ3v) is 3.58. The monoisotopic (exact) mass is 299 g/mol. The molecular formula is C13H15Cl2N3O. The molecule has 0 bridgehead atoms. The summed E-state index contributed by atoms with van der Waals surface area (Å²) in [6.45, 7) is 2.76. The van der Waals surface area contributed by atoms with Crippen LogP contribution in [0.1, 0.15) is 30.6 Å². The molecule has 0 saturated carbocycles. The summed E-state index contributed by atoms with van der Waals surface area (Å²) in [4.78, 5) is 0. The van der Waals surface area contributed by atoms with Crippen LogP contribution in [0.5, 0.6) is 0 Å². The summed E-state index contributed by atoms with van der Waals surface area (Å²) in [6.07, 6.45) is 1.57. The minimum Gasteiger partial charge on any atom is -0.388 e. The third-order valence-electron chi connectivity index (χ3n) is 2.84. The molecule has 0 radical (unpaired) electrons. The van der Waals surface area contributed by atoms with Crippen molar-refractivity contribution in [1.29, 1.82) is 0 Å². The van der Waals surface area contributed by atoms with E-state index in [4.69, 9.17) is 23.2 Å². The molecule has 2 aromatic rings. The van der Waals surface area contributed by atoms with Gasteiger partial charge in [0.15, 0.2) is 5.82 Å². The highest BCUT2D eigenvalue weighted by atomic mass is 35.5. The number of hydrogen-bond donors (Lipinski definition) is 1. The van der Waals surface area contributed by atoms with Crippen molar-refractivity contribution in [3.8, 4) is 0 Å². The fourth-order valence-corrected chi connectivity index (χ4v) is 2.25. The van der Waals surface area contributed by atoms with E-state index in [0.717, 1.165) is 24.4 Å². The molecule has 1 heterocycles. The molecule has 0 aliphatic rings. The van der Waals surface area contributed by atoms with Gasteiger partial charge in [-0.25, -0.2) is 0 Å². The Bertz CT molecular complexity index is 569. The second kappa shape index (κ2) is 6.37. The lowest BCUT2D eigenvalue weighted by Gasteiger charge is -2.08. The lowest BCUT2D eigenvalue weighted by atomic mass is 10.1. The van der Waals surface area contributed by atoms with Crippen LogP contribution in [-0.4, -0.2) is 19.9 Å². The summed E-state index contributed by atoms with van der Waals surface area (Å²) in [6, 6.07) is 5.51. The van der Waals surface area contributed by atoms with Crippen LogP contribution in [0.3, 0.4) is 0 Å². The van der Waals surface area contributed by atoms with E-state index in [9.17, 15) is 5.11 Å². The van der Waals surface area contributed by atoms with E-state index >= 15 is 0 Å². The highest BCUT2D eigenvalue weighted by Crippen LogP contribution is 2.23. The molecule has 1 aromatic carbocycles. The molecule has 4 nitrogen and oxygen atoms in total. The number of benzene rings is 1. The Balaban J connectivity index is 2.27. The van der Waals surface area contributed by atoms with E-state index in [0.29, 0.717) is 22.3 Å². The smallest absolute Gasteiger partial charge is 0.158 e. The Morgan fingerprint density at radius 1 is 1.16 bits per heavy atom. The van der Waals surface area contributed by atoms with Gasteiger partial charge >= 0.3 is 0 Å². The molecule has 1 N–H and O–H groups in total. The Morgan fingerprint density at radius 3 is 2.53 bits per heavy atom.